The van der Waals surface area contributed by atoms with Gasteiger partial charge in [0.05, 0.1) is 18.7 Å². The largest absolute Gasteiger partial charge is 0.495 e. The second-order valence-electron chi connectivity index (χ2n) is 7.39. The maximum atomic E-state index is 12.8. The summed E-state index contributed by atoms with van der Waals surface area (Å²) < 4.78 is 5.39. The lowest BCUT2D eigenvalue weighted by Gasteiger charge is -2.20. The Balaban J connectivity index is 1.45. The molecule has 2 N–H and O–H groups in total. The Bertz CT molecular complexity index is 1090. The number of ether oxygens (including phenoxy) is 1. The highest BCUT2D eigenvalue weighted by Gasteiger charge is 2.36. The molecule has 1 aromatic heterocycles. The first-order chi connectivity index (χ1) is 14.4. The maximum Gasteiger partial charge on any atom is 0.229 e. The predicted octanol–water partition coefficient (Wildman–Crippen LogP) is 3.09. The van der Waals surface area contributed by atoms with E-state index in [2.05, 4.69) is 20.5 Å². The first-order valence-electron chi connectivity index (χ1n) is 9.70. The molecule has 8 nitrogen and oxygen atoms in total. The number of carbonyl (C=O) groups excluding carboxylic acids is 2. The molecule has 154 valence electrons. The molecule has 0 radical (unpaired) electrons. The second-order valence-corrected chi connectivity index (χ2v) is 7.39. The smallest absolute Gasteiger partial charge is 0.229 e. The molecule has 4 rings (SSSR count). The van der Waals surface area contributed by atoms with E-state index in [0.29, 0.717) is 29.5 Å². The minimum absolute atomic E-state index is 0.0885. The van der Waals surface area contributed by atoms with Gasteiger partial charge < -0.3 is 15.0 Å². The Morgan fingerprint density at radius 2 is 1.97 bits per heavy atom. The number of nitrogens with one attached hydrogen (secondary N) is 2. The van der Waals surface area contributed by atoms with Gasteiger partial charge in [0.25, 0.3) is 0 Å². The molecule has 1 unspecified atom stereocenters. The number of aryl methyl sites for hydroxylation is 2. The Hall–Kier alpha value is -3.68. The monoisotopic (exact) mass is 405 g/mol. The molecular weight excluding hydrogens is 382 g/mol. The van der Waals surface area contributed by atoms with Crippen LogP contribution >= 0.6 is 0 Å². The Morgan fingerprint density at radius 1 is 1.20 bits per heavy atom. The molecule has 2 amide bonds. The highest BCUT2D eigenvalue weighted by Crippen LogP contribution is 2.34. The minimum atomic E-state index is -0.432. The predicted molar refractivity (Wildman–Crippen MR) is 113 cm³/mol. The summed E-state index contributed by atoms with van der Waals surface area (Å²) in [6, 6.07) is 13.0. The third-order valence-electron chi connectivity index (χ3n) is 5.13. The second kappa shape index (κ2) is 7.98. The molecule has 1 fully saturated rings. The van der Waals surface area contributed by atoms with E-state index in [1.807, 2.05) is 44.2 Å². The first-order valence-corrected chi connectivity index (χ1v) is 9.70. The maximum absolute atomic E-state index is 12.8. The highest BCUT2D eigenvalue weighted by atomic mass is 16.5. The summed E-state index contributed by atoms with van der Waals surface area (Å²) in [5.74, 6) is 1.26. The Kier molecular flexibility index (Phi) is 5.22. The number of H-pyrrole nitrogens is 1. The van der Waals surface area contributed by atoms with Crippen molar-refractivity contribution in [3.8, 4) is 17.1 Å². The number of anilines is 2. The molecule has 0 aliphatic carbocycles. The number of benzene rings is 2. The van der Waals surface area contributed by atoms with Crippen molar-refractivity contribution in [1.82, 2.24) is 15.2 Å². The van der Waals surface area contributed by atoms with E-state index < -0.39 is 5.92 Å². The van der Waals surface area contributed by atoms with Gasteiger partial charge in [-0.05, 0) is 55.8 Å². The fourth-order valence-corrected chi connectivity index (χ4v) is 3.55. The standard InChI is InChI=1S/C22H23N5O3/c1-13-4-9-19(30-3)18(10-13)27-12-16(11-20(27)28)22(29)24-17-7-5-15(6-8-17)21-23-14(2)25-26-21/h4-10,16H,11-12H2,1-3H3,(H,24,29)(H,23,25,26). The number of amides is 2. The number of carbonyl (C=O) groups is 2. The van der Waals surface area contributed by atoms with Crippen molar-refractivity contribution in [1.29, 1.82) is 0 Å². The lowest BCUT2D eigenvalue weighted by molar-refractivity contribution is -0.122. The van der Waals surface area contributed by atoms with E-state index in [1.165, 1.54) is 0 Å². The van der Waals surface area contributed by atoms with E-state index in [9.17, 15) is 9.59 Å². The van der Waals surface area contributed by atoms with E-state index >= 15 is 0 Å². The van der Waals surface area contributed by atoms with Gasteiger partial charge in [-0.3, -0.25) is 14.7 Å². The quantitative estimate of drug-likeness (QED) is 0.679. The van der Waals surface area contributed by atoms with Crippen LogP contribution in [0.5, 0.6) is 5.75 Å². The van der Waals surface area contributed by atoms with Gasteiger partial charge in [0, 0.05) is 24.2 Å². The molecular formula is C22H23N5O3. The molecule has 1 aliphatic heterocycles. The van der Waals surface area contributed by atoms with Gasteiger partial charge in [-0.2, -0.15) is 5.10 Å². The summed E-state index contributed by atoms with van der Waals surface area (Å²) in [5.41, 5.74) is 3.23. The molecule has 0 spiro atoms. The number of methoxy groups -OCH3 is 1. The van der Waals surface area contributed by atoms with Crippen LogP contribution in [0.3, 0.4) is 0 Å². The topological polar surface area (TPSA) is 100 Å². The lowest BCUT2D eigenvalue weighted by atomic mass is 10.1. The van der Waals surface area contributed by atoms with Crippen LogP contribution < -0.4 is 15.0 Å². The van der Waals surface area contributed by atoms with Gasteiger partial charge in [0.2, 0.25) is 11.8 Å². The summed E-state index contributed by atoms with van der Waals surface area (Å²) in [7, 11) is 1.57. The highest BCUT2D eigenvalue weighted by molar-refractivity contribution is 6.04. The zero-order valence-electron chi connectivity index (χ0n) is 17.1. The number of hydrogen-bond acceptors (Lipinski definition) is 5. The van der Waals surface area contributed by atoms with Crippen molar-refractivity contribution in [3.05, 3.63) is 53.9 Å². The average molecular weight is 405 g/mol. The van der Waals surface area contributed by atoms with Crippen LogP contribution in [-0.2, 0) is 9.59 Å². The van der Waals surface area contributed by atoms with Gasteiger partial charge in [-0.25, -0.2) is 4.98 Å². The Labute approximate surface area is 174 Å². The fourth-order valence-electron chi connectivity index (χ4n) is 3.55. The summed E-state index contributed by atoms with van der Waals surface area (Å²) in [6.07, 6.45) is 0.164. The molecule has 1 atom stereocenters. The average Bonchev–Trinajstić information content (AvgIpc) is 3.34. The van der Waals surface area contributed by atoms with Gasteiger partial charge in [0.1, 0.15) is 11.6 Å². The van der Waals surface area contributed by atoms with Crippen LogP contribution in [-0.4, -0.2) is 40.7 Å². The van der Waals surface area contributed by atoms with E-state index in [4.69, 9.17) is 4.74 Å². The number of aromatic nitrogens is 3. The molecule has 0 bridgehead atoms. The zero-order valence-corrected chi connectivity index (χ0v) is 17.1. The first kappa shape index (κ1) is 19.6. The number of hydrogen-bond donors (Lipinski definition) is 2. The number of aromatic amines is 1. The van der Waals surface area contributed by atoms with Gasteiger partial charge in [-0.1, -0.05) is 6.07 Å². The van der Waals surface area contributed by atoms with E-state index in [-0.39, 0.29) is 18.2 Å². The third-order valence-corrected chi connectivity index (χ3v) is 5.13. The van der Waals surface area contributed by atoms with Crippen molar-refractivity contribution in [2.24, 2.45) is 5.92 Å². The van der Waals surface area contributed by atoms with Crippen molar-refractivity contribution in [2.45, 2.75) is 20.3 Å². The molecule has 1 saturated heterocycles. The molecule has 3 aromatic rings. The lowest BCUT2D eigenvalue weighted by Crippen LogP contribution is -2.28. The van der Waals surface area contributed by atoms with Crippen LogP contribution in [0.15, 0.2) is 42.5 Å². The SMILES string of the molecule is COc1ccc(C)cc1N1CC(C(=O)Nc2ccc(-c3n[nH]c(C)n3)cc2)CC1=O. The molecule has 2 heterocycles. The van der Waals surface area contributed by atoms with Gasteiger partial charge >= 0.3 is 0 Å². The van der Waals surface area contributed by atoms with Crippen molar-refractivity contribution < 1.29 is 14.3 Å². The van der Waals surface area contributed by atoms with Crippen molar-refractivity contribution in [3.63, 3.8) is 0 Å². The summed E-state index contributed by atoms with van der Waals surface area (Å²) >= 11 is 0. The Morgan fingerprint density at radius 3 is 2.63 bits per heavy atom. The van der Waals surface area contributed by atoms with Crippen LogP contribution in [0.4, 0.5) is 11.4 Å². The van der Waals surface area contributed by atoms with Crippen LogP contribution in [0.25, 0.3) is 11.4 Å². The molecule has 30 heavy (non-hydrogen) atoms. The van der Waals surface area contributed by atoms with Gasteiger partial charge in [0.15, 0.2) is 5.82 Å². The number of nitrogens with zero attached hydrogens (tertiary/aromatic N) is 3. The van der Waals surface area contributed by atoms with Gasteiger partial charge in [-0.15, -0.1) is 0 Å². The summed E-state index contributed by atoms with van der Waals surface area (Å²) in [4.78, 5) is 31.3. The van der Waals surface area contributed by atoms with Crippen LogP contribution in [0.1, 0.15) is 17.8 Å². The van der Waals surface area contributed by atoms with Crippen LogP contribution in [0, 0.1) is 19.8 Å². The molecule has 8 heteroatoms. The molecule has 0 saturated carbocycles. The van der Waals surface area contributed by atoms with Crippen molar-refractivity contribution >= 4 is 23.2 Å². The van der Waals surface area contributed by atoms with Crippen molar-refractivity contribution in [2.75, 3.05) is 23.9 Å². The zero-order chi connectivity index (χ0) is 21.3. The van der Waals surface area contributed by atoms with E-state index in [1.54, 1.807) is 24.1 Å². The summed E-state index contributed by atoms with van der Waals surface area (Å²) in [5, 5.41) is 9.84. The van der Waals surface area contributed by atoms with Crippen LogP contribution in [0.2, 0.25) is 0 Å². The number of rotatable bonds is 5. The summed E-state index contributed by atoms with van der Waals surface area (Å²) in [6.45, 7) is 4.11. The fraction of sp³-hybridized carbons (Fsp3) is 0.273. The van der Waals surface area contributed by atoms with E-state index in [0.717, 1.165) is 17.0 Å². The molecule has 1 aliphatic rings. The molecule has 2 aromatic carbocycles. The minimum Gasteiger partial charge on any atom is -0.495 e. The normalized spacial score (nSPS) is 16.0. The third kappa shape index (κ3) is 3.89.